The topological polar surface area (TPSA) is 101 Å². The van der Waals surface area contributed by atoms with Crippen LogP contribution in [0, 0.1) is 0 Å². The predicted molar refractivity (Wildman–Crippen MR) is 88.8 cm³/mol. The molecule has 0 radical (unpaired) electrons. The van der Waals surface area contributed by atoms with Gasteiger partial charge >= 0.3 is 0 Å². The van der Waals surface area contributed by atoms with E-state index in [1.165, 1.54) is 17.2 Å². The number of carbonyl (C=O) groups excluding carboxylic acids is 3. The smallest absolute Gasteiger partial charge is 0.288 e. The van der Waals surface area contributed by atoms with Gasteiger partial charge in [-0.3, -0.25) is 30.2 Å². The summed E-state index contributed by atoms with van der Waals surface area (Å²) in [6.45, 7) is 0.125. The molecular formula is C17H16N4O4. The van der Waals surface area contributed by atoms with Crippen LogP contribution in [0.1, 0.15) is 16.9 Å². The van der Waals surface area contributed by atoms with Crippen molar-refractivity contribution in [2.45, 2.75) is 6.42 Å². The first-order valence-corrected chi connectivity index (χ1v) is 7.67. The van der Waals surface area contributed by atoms with E-state index in [1.54, 1.807) is 30.3 Å². The molecule has 1 aliphatic rings. The summed E-state index contributed by atoms with van der Waals surface area (Å²) >= 11 is 0. The number of rotatable bonds is 4. The number of hydrazine groups is 1. The second kappa shape index (κ2) is 7.43. The fraction of sp³-hybridized carbons (Fsp3) is 0.176. The Bertz CT molecular complexity index is 794. The van der Waals surface area contributed by atoms with Crippen LogP contribution in [0.25, 0.3) is 0 Å². The number of aromatic nitrogens is 1. The Balaban J connectivity index is 1.53. The summed E-state index contributed by atoms with van der Waals surface area (Å²) in [4.78, 5) is 41.1. The van der Waals surface area contributed by atoms with Crippen LogP contribution in [0.3, 0.4) is 0 Å². The molecule has 0 saturated heterocycles. The van der Waals surface area contributed by atoms with Crippen molar-refractivity contribution >= 4 is 23.4 Å². The zero-order chi connectivity index (χ0) is 17.6. The number of para-hydroxylation sites is 2. The maximum absolute atomic E-state index is 12.0. The van der Waals surface area contributed by atoms with Gasteiger partial charge in [-0.25, -0.2) is 0 Å². The second-order valence-corrected chi connectivity index (χ2v) is 5.27. The summed E-state index contributed by atoms with van der Waals surface area (Å²) in [6.07, 6.45) is 1.51. The molecule has 1 aromatic heterocycles. The first-order chi connectivity index (χ1) is 12.1. The Morgan fingerprint density at radius 2 is 1.92 bits per heavy atom. The molecule has 25 heavy (non-hydrogen) atoms. The Morgan fingerprint density at radius 3 is 2.72 bits per heavy atom. The highest BCUT2D eigenvalue weighted by Crippen LogP contribution is 2.31. The van der Waals surface area contributed by atoms with Gasteiger partial charge in [-0.05, 0) is 24.3 Å². The van der Waals surface area contributed by atoms with Crippen molar-refractivity contribution in [3.05, 3.63) is 54.4 Å². The van der Waals surface area contributed by atoms with E-state index < -0.39 is 11.8 Å². The fourth-order valence-electron chi connectivity index (χ4n) is 2.36. The van der Waals surface area contributed by atoms with Crippen LogP contribution in [0.5, 0.6) is 5.75 Å². The van der Waals surface area contributed by atoms with Gasteiger partial charge in [0, 0.05) is 19.2 Å². The molecule has 0 saturated carbocycles. The van der Waals surface area contributed by atoms with Crippen molar-refractivity contribution in [3.8, 4) is 5.75 Å². The number of hydrogen-bond acceptors (Lipinski definition) is 5. The molecule has 0 aliphatic carbocycles. The van der Waals surface area contributed by atoms with Gasteiger partial charge in [0.15, 0.2) is 6.61 Å². The van der Waals surface area contributed by atoms with Crippen LogP contribution in [0.2, 0.25) is 0 Å². The number of nitrogens with one attached hydrogen (secondary N) is 2. The van der Waals surface area contributed by atoms with Crippen molar-refractivity contribution < 1.29 is 19.1 Å². The lowest BCUT2D eigenvalue weighted by molar-refractivity contribution is -0.122. The third kappa shape index (κ3) is 3.92. The highest BCUT2D eigenvalue weighted by atomic mass is 16.5. The molecule has 128 valence electrons. The first kappa shape index (κ1) is 16.4. The van der Waals surface area contributed by atoms with E-state index in [9.17, 15) is 14.4 Å². The zero-order valence-electron chi connectivity index (χ0n) is 13.3. The molecule has 2 heterocycles. The SMILES string of the molecule is O=C(CCN1C(=O)COc2ccccc21)NNC(=O)c1ccccn1. The molecule has 3 rings (SSSR count). The Hall–Kier alpha value is -3.42. The molecule has 3 amide bonds. The summed E-state index contributed by atoms with van der Waals surface area (Å²) in [5.41, 5.74) is 5.42. The number of amides is 3. The lowest BCUT2D eigenvalue weighted by atomic mass is 10.2. The van der Waals surface area contributed by atoms with Gasteiger partial charge in [0.05, 0.1) is 5.69 Å². The number of benzene rings is 1. The average molecular weight is 340 g/mol. The zero-order valence-corrected chi connectivity index (χ0v) is 13.3. The number of nitrogens with zero attached hydrogens (tertiary/aromatic N) is 2. The molecule has 2 aromatic rings. The largest absolute Gasteiger partial charge is 0.482 e. The molecule has 1 aliphatic heterocycles. The molecule has 1 aromatic carbocycles. The van der Waals surface area contributed by atoms with Crippen molar-refractivity contribution in [1.82, 2.24) is 15.8 Å². The van der Waals surface area contributed by atoms with Gasteiger partial charge in [0.1, 0.15) is 11.4 Å². The van der Waals surface area contributed by atoms with E-state index in [4.69, 9.17) is 4.74 Å². The standard InChI is InChI=1S/C17H16N4O4/c22-15(19-20-17(24)12-5-3-4-9-18-12)8-10-21-13-6-1-2-7-14(13)25-11-16(21)23/h1-7,9H,8,10-11H2,(H,19,22)(H,20,24). The van der Waals surface area contributed by atoms with Crippen LogP contribution in [-0.4, -0.2) is 35.9 Å². The third-order valence-corrected chi connectivity index (χ3v) is 3.58. The lowest BCUT2D eigenvalue weighted by Crippen LogP contribution is -2.45. The van der Waals surface area contributed by atoms with Crippen molar-refractivity contribution in [3.63, 3.8) is 0 Å². The summed E-state index contributed by atoms with van der Waals surface area (Å²) in [6, 6.07) is 12.0. The quantitative estimate of drug-likeness (QED) is 0.796. The Morgan fingerprint density at radius 1 is 1.12 bits per heavy atom. The highest BCUT2D eigenvalue weighted by molar-refractivity contribution is 5.98. The minimum atomic E-state index is -0.512. The van der Waals surface area contributed by atoms with Crippen LogP contribution in [-0.2, 0) is 9.59 Å². The Kier molecular flexibility index (Phi) is 4.89. The Labute approximate surface area is 143 Å². The normalized spacial score (nSPS) is 12.8. The van der Waals surface area contributed by atoms with Gasteiger partial charge in [-0.2, -0.15) is 0 Å². The van der Waals surface area contributed by atoms with Gasteiger partial charge < -0.3 is 9.64 Å². The molecule has 0 unspecified atom stereocenters. The third-order valence-electron chi connectivity index (χ3n) is 3.58. The molecule has 2 N–H and O–H groups in total. The van der Waals surface area contributed by atoms with E-state index in [-0.39, 0.29) is 31.2 Å². The minimum absolute atomic E-state index is 0.0303. The van der Waals surface area contributed by atoms with Crippen LogP contribution in [0.4, 0.5) is 5.69 Å². The summed E-state index contributed by atoms with van der Waals surface area (Å²) < 4.78 is 5.35. The van der Waals surface area contributed by atoms with Crippen LogP contribution < -0.4 is 20.5 Å². The summed E-state index contributed by atoms with van der Waals surface area (Å²) in [5, 5.41) is 0. The number of ether oxygens (including phenoxy) is 1. The monoisotopic (exact) mass is 340 g/mol. The number of carbonyl (C=O) groups is 3. The van der Waals surface area contributed by atoms with Crippen molar-refractivity contribution in [2.75, 3.05) is 18.1 Å². The fourth-order valence-corrected chi connectivity index (χ4v) is 2.36. The molecule has 0 fully saturated rings. The first-order valence-electron chi connectivity index (χ1n) is 7.67. The molecule has 8 nitrogen and oxygen atoms in total. The van der Waals surface area contributed by atoms with Gasteiger partial charge in [-0.15, -0.1) is 0 Å². The van der Waals surface area contributed by atoms with E-state index in [0.29, 0.717) is 11.4 Å². The number of pyridine rings is 1. The number of hydrogen-bond donors (Lipinski definition) is 2. The van der Waals surface area contributed by atoms with E-state index in [2.05, 4.69) is 15.8 Å². The van der Waals surface area contributed by atoms with Crippen molar-refractivity contribution in [1.29, 1.82) is 0 Å². The average Bonchev–Trinajstić information content (AvgIpc) is 2.66. The predicted octanol–water partition coefficient (Wildman–Crippen LogP) is 0.658. The van der Waals surface area contributed by atoms with E-state index >= 15 is 0 Å². The maximum atomic E-state index is 12.0. The van der Waals surface area contributed by atoms with Gasteiger partial charge in [0.25, 0.3) is 11.8 Å². The molecule has 0 bridgehead atoms. The van der Waals surface area contributed by atoms with Crippen LogP contribution >= 0.6 is 0 Å². The second-order valence-electron chi connectivity index (χ2n) is 5.27. The van der Waals surface area contributed by atoms with Crippen LogP contribution in [0.15, 0.2) is 48.7 Å². The van der Waals surface area contributed by atoms with E-state index in [0.717, 1.165) is 0 Å². The molecule has 0 atom stereocenters. The van der Waals surface area contributed by atoms with Gasteiger partial charge in [0.2, 0.25) is 5.91 Å². The van der Waals surface area contributed by atoms with Gasteiger partial charge in [-0.1, -0.05) is 18.2 Å². The minimum Gasteiger partial charge on any atom is -0.482 e. The summed E-state index contributed by atoms with van der Waals surface area (Å²) in [7, 11) is 0. The molecular weight excluding hydrogens is 324 g/mol. The lowest BCUT2D eigenvalue weighted by Gasteiger charge is -2.29. The molecule has 0 spiro atoms. The molecule has 8 heteroatoms. The number of fused-ring (bicyclic) bond motifs is 1. The van der Waals surface area contributed by atoms with Crippen molar-refractivity contribution in [2.24, 2.45) is 0 Å². The highest BCUT2D eigenvalue weighted by Gasteiger charge is 2.25. The maximum Gasteiger partial charge on any atom is 0.288 e. The summed E-state index contributed by atoms with van der Waals surface area (Å²) in [5.74, 6) is -0.544. The number of anilines is 1. The van der Waals surface area contributed by atoms with E-state index in [1.807, 2.05) is 6.07 Å².